The van der Waals surface area contributed by atoms with Crippen LogP contribution in [0.25, 0.3) is 0 Å². The topological polar surface area (TPSA) is 88.0 Å². The van der Waals surface area contributed by atoms with Gasteiger partial charge in [-0.2, -0.15) is 0 Å². The van der Waals surface area contributed by atoms with Crippen LogP contribution in [0.4, 0.5) is 0 Å². The molecule has 0 saturated carbocycles. The van der Waals surface area contributed by atoms with Gasteiger partial charge in [-0.1, -0.05) is 20.8 Å². The second-order valence-electron chi connectivity index (χ2n) is 5.64. The molecule has 0 aliphatic rings. The van der Waals surface area contributed by atoms with Gasteiger partial charge in [-0.05, 0) is 38.7 Å². The van der Waals surface area contributed by atoms with Crippen molar-refractivity contribution >= 4 is 24.1 Å². The summed E-state index contributed by atoms with van der Waals surface area (Å²) >= 11 is 0. The Kier molecular flexibility index (Phi) is 7.84. The molecule has 0 atom stereocenters. The smallest absolute Gasteiger partial charge is 0.268 e. The second-order valence-corrected chi connectivity index (χ2v) is 5.64. The Morgan fingerprint density at radius 2 is 1.77 bits per heavy atom. The fourth-order valence-corrected chi connectivity index (χ4v) is 2.55. The number of hydrogen-bond donors (Lipinski definition) is 3. The van der Waals surface area contributed by atoms with E-state index in [0.29, 0.717) is 24.2 Å². The van der Waals surface area contributed by atoms with Crippen molar-refractivity contribution in [1.29, 1.82) is 0 Å². The van der Waals surface area contributed by atoms with Gasteiger partial charge < -0.3 is 16.0 Å². The van der Waals surface area contributed by atoms with Crippen molar-refractivity contribution in [3.8, 4) is 0 Å². The fourth-order valence-electron chi connectivity index (χ4n) is 2.55. The van der Waals surface area contributed by atoms with E-state index >= 15 is 0 Å². The Morgan fingerprint density at radius 1 is 1.23 bits per heavy atom. The number of rotatable bonds is 7. The summed E-state index contributed by atoms with van der Waals surface area (Å²) in [7, 11) is 0. The zero-order valence-corrected chi connectivity index (χ0v) is 14.9. The Bertz CT molecular complexity index is 534. The second kappa shape index (κ2) is 8.34. The molecular formula is C16H28ClN3O2. The third-order valence-corrected chi connectivity index (χ3v) is 4.23. The molecule has 0 unspecified atom stereocenters. The van der Waals surface area contributed by atoms with Crippen LogP contribution >= 0.6 is 12.4 Å². The van der Waals surface area contributed by atoms with Crippen molar-refractivity contribution in [2.75, 3.05) is 6.54 Å². The number of amides is 1. The molecule has 5 nitrogen and oxygen atoms in total. The van der Waals surface area contributed by atoms with Crippen molar-refractivity contribution in [3.63, 3.8) is 0 Å². The third kappa shape index (κ3) is 4.34. The normalized spacial score (nSPS) is 11.0. The Morgan fingerprint density at radius 3 is 2.18 bits per heavy atom. The summed E-state index contributed by atoms with van der Waals surface area (Å²) in [6.45, 7) is 9.74. The van der Waals surface area contributed by atoms with Crippen LogP contribution in [0.1, 0.15) is 72.6 Å². The molecule has 22 heavy (non-hydrogen) atoms. The number of carbonyl (C=O) groups excluding carboxylic acids is 2. The summed E-state index contributed by atoms with van der Waals surface area (Å²) in [6.07, 6.45) is 2.23. The first kappa shape index (κ1) is 20.7. The quantitative estimate of drug-likeness (QED) is 0.672. The molecular weight excluding hydrogens is 302 g/mol. The fraction of sp³-hybridized carbons (Fsp3) is 0.625. The molecule has 1 rings (SSSR count). The number of Topliss-reactive ketones (excluding diaryl/α,β-unsaturated/α-hetero) is 1. The van der Waals surface area contributed by atoms with Crippen molar-refractivity contribution in [1.82, 2.24) is 10.3 Å². The van der Waals surface area contributed by atoms with E-state index in [1.807, 2.05) is 27.7 Å². The number of aromatic amines is 1. The molecule has 0 radical (unpaired) electrons. The van der Waals surface area contributed by atoms with Gasteiger partial charge in [0.25, 0.3) is 5.91 Å². The summed E-state index contributed by atoms with van der Waals surface area (Å²) in [4.78, 5) is 27.1. The Balaban J connectivity index is 0.00000441. The van der Waals surface area contributed by atoms with Crippen LogP contribution in [0.2, 0.25) is 0 Å². The van der Waals surface area contributed by atoms with Crippen molar-refractivity contribution < 1.29 is 9.59 Å². The minimum absolute atomic E-state index is 0. The number of H-pyrrole nitrogens is 1. The molecule has 4 N–H and O–H groups in total. The van der Waals surface area contributed by atoms with E-state index < -0.39 is 0 Å². The zero-order chi connectivity index (χ0) is 16.2. The average Bonchev–Trinajstić information content (AvgIpc) is 2.81. The average molecular weight is 330 g/mol. The maximum Gasteiger partial charge on any atom is 0.268 e. The molecule has 0 spiro atoms. The van der Waals surface area contributed by atoms with E-state index in [2.05, 4.69) is 10.3 Å². The Hall–Kier alpha value is -1.33. The summed E-state index contributed by atoms with van der Waals surface area (Å²) in [5.41, 5.74) is 8.46. The van der Waals surface area contributed by atoms with Crippen LogP contribution in [0.15, 0.2) is 0 Å². The van der Waals surface area contributed by atoms with Crippen LogP contribution in [0.5, 0.6) is 0 Å². The van der Waals surface area contributed by atoms with E-state index in [4.69, 9.17) is 5.73 Å². The largest absolute Gasteiger partial charge is 0.354 e. The zero-order valence-electron chi connectivity index (χ0n) is 14.1. The predicted molar refractivity (Wildman–Crippen MR) is 92.0 cm³/mol. The minimum Gasteiger partial charge on any atom is -0.354 e. The number of nitrogens with one attached hydrogen (secondary N) is 2. The minimum atomic E-state index is -0.382. The number of nitrogens with two attached hydrogens (primary N) is 1. The van der Waals surface area contributed by atoms with Crippen LogP contribution in [-0.4, -0.2) is 28.8 Å². The summed E-state index contributed by atoms with van der Waals surface area (Å²) < 4.78 is 0. The van der Waals surface area contributed by atoms with Crippen LogP contribution in [0, 0.1) is 6.92 Å². The van der Waals surface area contributed by atoms with Crippen LogP contribution in [0.3, 0.4) is 0 Å². The number of aryl methyl sites for hydroxylation is 1. The van der Waals surface area contributed by atoms with Crippen LogP contribution in [-0.2, 0) is 6.42 Å². The van der Waals surface area contributed by atoms with Crippen molar-refractivity contribution in [2.24, 2.45) is 5.73 Å². The molecule has 0 aliphatic carbocycles. The first-order chi connectivity index (χ1) is 9.79. The summed E-state index contributed by atoms with van der Waals surface area (Å²) in [5, 5.41) is 2.89. The highest BCUT2D eigenvalue weighted by Gasteiger charge is 2.24. The van der Waals surface area contributed by atoms with E-state index in [9.17, 15) is 9.59 Å². The van der Waals surface area contributed by atoms with E-state index in [-0.39, 0.29) is 29.6 Å². The van der Waals surface area contributed by atoms with Crippen molar-refractivity contribution in [2.45, 2.75) is 59.4 Å². The molecule has 0 fully saturated rings. The highest BCUT2D eigenvalue weighted by molar-refractivity contribution is 6.02. The number of aromatic nitrogens is 1. The van der Waals surface area contributed by atoms with Gasteiger partial charge in [0, 0.05) is 23.3 Å². The van der Waals surface area contributed by atoms with Gasteiger partial charge in [-0.25, -0.2) is 0 Å². The molecule has 1 heterocycles. The predicted octanol–water partition coefficient (Wildman–Crippen LogP) is 2.76. The lowest BCUT2D eigenvalue weighted by Gasteiger charge is -2.26. The SMILES string of the molecule is CCc1c(C(=O)NCC(N)(CC)CC)[nH]c(C)c1C(C)=O.Cl. The molecule has 0 aliphatic heterocycles. The number of carbonyl (C=O) groups is 2. The van der Waals surface area contributed by atoms with Gasteiger partial charge in [-0.15, -0.1) is 12.4 Å². The van der Waals surface area contributed by atoms with Gasteiger partial charge in [0.1, 0.15) is 5.69 Å². The highest BCUT2D eigenvalue weighted by Crippen LogP contribution is 2.20. The lowest BCUT2D eigenvalue weighted by molar-refractivity contribution is 0.0936. The molecule has 6 heteroatoms. The highest BCUT2D eigenvalue weighted by atomic mass is 35.5. The number of hydrogen-bond acceptors (Lipinski definition) is 3. The van der Waals surface area contributed by atoms with E-state index in [1.54, 1.807) is 0 Å². The van der Waals surface area contributed by atoms with Gasteiger partial charge >= 0.3 is 0 Å². The molecule has 0 saturated heterocycles. The third-order valence-electron chi connectivity index (χ3n) is 4.23. The van der Waals surface area contributed by atoms with Gasteiger partial charge in [0.05, 0.1) is 0 Å². The first-order valence-corrected chi connectivity index (χ1v) is 7.59. The summed E-state index contributed by atoms with van der Waals surface area (Å²) in [6, 6.07) is 0. The van der Waals surface area contributed by atoms with Crippen LogP contribution < -0.4 is 11.1 Å². The van der Waals surface area contributed by atoms with Gasteiger partial charge in [-0.3, -0.25) is 9.59 Å². The summed E-state index contributed by atoms with van der Waals surface area (Å²) in [5.74, 6) is -0.214. The molecule has 126 valence electrons. The number of ketones is 1. The van der Waals surface area contributed by atoms with E-state index in [0.717, 1.165) is 24.1 Å². The standard InChI is InChI=1S/C16H27N3O2.ClH/c1-6-12-13(11(5)20)10(4)19-14(12)15(21)18-9-16(17,7-2)8-3;/h19H,6-9,17H2,1-5H3,(H,18,21);1H. The Labute approximate surface area is 138 Å². The van der Waals surface area contributed by atoms with Crippen molar-refractivity contribution in [3.05, 3.63) is 22.5 Å². The molecule has 0 bridgehead atoms. The maximum atomic E-state index is 12.4. The maximum absolute atomic E-state index is 12.4. The van der Waals surface area contributed by atoms with Gasteiger partial charge in [0.15, 0.2) is 5.78 Å². The molecule has 1 aromatic heterocycles. The molecule has 1 aromatic rings. The first-order valence-electron chi connectivity index (χ1n) is 7.59. The van der Waals surface area contributed by atoms with Gasteiger partial charge in [0.2, 0.25) is 0 Å². The monoisotopic (exact) mass is 329 g/mol. The number of halogens is 1. The lowest BCUT2D eigenvalue weighted by Crippen LogP contribution is -2.49. The molecule has 0 aromatic carbocycles. The molecule has 1 amide bonds. The van der Waals surface area contributed by atoms with E-state index in [1.165, 1.54) is 6.92 Å². The lowest BCUT2D eigenvalue weighted by atomic mass is 9.94.